The molecule has 0 aromatic heterocycles. The van der Waals surface area contributed by atoms with Crippen molar-refractivity contribution in [3.63, 3.8) is 0 Å². The maximum atomic E-state index is 8.88. The molecule has 0 atom stereocenters. The van der Waals surface area contributed by atoms with Crippen molar-refractivity contribution in [2.75, 3.05) is 0 Å². The molecule has 0 saturated carbocycles. The average molecular weight is 211 g/mol. The summed E-state index contributed by atoms with van der Waals surface area (Å²) in [5.41, 5.74) is 0. The minimum atomic E-state index is -4.64. The van der Waals surface area contributed by atoms with Gasteiger partial charge in [-0.2, -0.15) is 0 Å². The summed E-state index contributed by atoms with van der Waals surface area (Å²) in [5, 5.41) is 0. The Bertz CT molecular complexity index is 60.2. The van der Waals surface area contributed by atoms with Gasteiger partial charge < -0.3 is 42.7 Å². The first-order valence-corrected chi connectivity index (χ1v) is 2.35. The van der Waals surface area contributed by atoms with E-state index in [2.05, 4.69) is 0 Å². The second-order valence-electron chi connectivity index (χ2n) is 0.513. The van der Waals surface area contributed by atoms with Crippen molar-refractivity contribution in [3.05, 3.63) is 0 Å². The number of hydrogen-bond donors (Lipinski definition) is 4. The monoisotopic (exact) mass is 211 g/mol. The molecule has 0 rings (SSSR count). The van der Waals surface area contributed by atoms with Crippen molar-refractivity contribution >= 4 is 37.4 Å². The number of hydrogen-bond acceptors (Lipinski definition) is 2. The molecule has 11 heteroatoms. The van der Waals surface area contributed by atoms with E-state index in [1.54, 1.807) is 0 Å². The Morgan fingerprint density at radius 3 is 0.818 bits per heavy atom. The maximum absolute atomic E-state index is 8.88. The van der Waals surface area contributed by atoms with Crippen molar-refractivity contribution in [2.24, 2.45) is 0 Å². The predicted octanol–water partition coefficient (Wildman–Crippen LogP) is -4.71. The number of rotatable bonds is 0. The first kappa shape index (κ1) is 58.8. The standard InChI is InChI=1S/H3N.Na.H3O4P.4H2O.H/c;;1-5(2,3)4;;;;;/h1H3;;(H3,1,2,3,4);4*1H2;. The van der Waals surface area contributed by atoms with Crippen LogP contribution in [0.15, 0.2) is 0 Å². The van der Waals surface area contributed by atoms with Crippen molar-refractivity contribution in [1.82, 2.24) is 6.15 Å². The van der Waals surface area contributed by atoms with Crippen LogP contribution >= 0.6 is 7.82 Å². The molecule has 9 nitrogen and oxygen atoms in total. The van der Waals surface area contributed by atoms with Gasteiger partial charge in [0.25, 0.3) is 0 Å². The van der Waals surface area contributed by atoms with Crippen LogP contribution in [0, 0.1) is 0 Å². The van der Waals surface area contributed by atoms with Gasteiger partial charge in [0.05, 0.1) is 0 Å². The third-order valence-corrected chi connectivity index (χ3v) is 0. The molecule has 0 aliphatic heterocycles. The molecule has 0 radical (unpaired) electrons. The van der Waals surface area contributed by atoms with Crippen LogP contribution in [0.3, 0.4) is 0 Å². The van der Waals surface area contributed by atoms with Gasteiger partial charge in [0, 0.05) is 0 Å². The zero-order chi connectivity index (χ0) is 4.50. The first-order chi connectivity index (χ1) is 2.00. The molecule has 0 aromatic carbocycles. The van der Waals surface area contributed by atoms with Gasteiger partial charge in [-0.1, -0.05) is 0 Å². The van der Waals surface area contributed by atoms with Gasteiger partial charge in [-0.3, -0.25) is 0 Å². The Balaban J connectivity index is -0.00000000533. The fourth-order valence-corrected chi connectivity index (χ4v) is 0. The zero-order valence-corrected chi connectivity index (χ0v) is 5.80. The summed E-state index contributed by atoms with van der Waals surface area (Å²) in [4.78, 5) is 21.6. The van der Waals surface area contributed by atoms with E-state index in [9.17, 15) is 0 Å². The Morgan fingerprint density at radius 2 is 0.818 bits per heavy atom. The molecule has 0 aromatic rings. The molecule has 0 spiro atoms. The molecule has 0 unspecified atom stereocenters. The van der Waals surface area contributed by atoms with Crippen LogP contribution in [-0.4, -0.2) is 66.1 Å². The fraction of sp³-hybridized carbons (Fsp3) is 0. The Labute approximate surface area is 84.8 Å². The third-order valence-electron chi connectivity index (χ3n) is 0. The summed E-state index contributed by atoms with van der Waals surface area (Å²) in [5.74, 6) is 0. The summed E-state index contributed by atoms with van der Waals surface area (Å²) < 4.78 is 8.88. The Morgan fingerprint density at radius 1 is 0.818 bits per heavy atom. The van der Waals surface area contributed by atoms with Crippen molar-refractivity contribution in [2.45, 2.75) is 0 Å². The molecule has 0 aliphatic carbocycles. The van der Waals surface area contributed by atoms with Gasteiger partial charge >= 0.3 is 37.4 Å². The Kier molecular flexibility index (Phi) is 120. The van der Waals surface area contributed by atoms with Crippen LogP contribution in [0.4, 0.5) is 0 Å². The van der Waals surface area contributed by atoms with Gasteiger partial charge in [0.15, 0.2) is 0 Å². The van der Waals surface area contributed by atoms with E-state index < -0.39 is 7.82 Å². The van der Waals surface area contributed by atoms with Crippen LogP contribution in [0.5, 0.6) is 0 Å². The van der Waals surface area contributed by atoms with Gasteiger partial charge in [0.1, 0.15) is 0 Å². The molecule has 0 aliphatic rings. The van der Waals surface area contributed by atoms with E-state index in [0.717, 1.165) is 0 Å². The normalized spacial score (nSPS) is 5.36. The minimum absolute atomic E-state index is 0. The van der Waals surface area contributed by atoms with E-state index in [4.69, 9.17) is 19.2 Å². The van der Waals surface area contributed by atoms with Gasteiger partial charge in [0.2, 0.25) is 0 Å². The third kappa shape index (κ3) is 1050. The van der Waals surface area contributed by atoms with Crippen LogP contribution in [0.25, 0.3) is 0 Å². The van der Waals surface area contributed by atoms with Gasteiger partial charge in [-0.25, -0.2) is 4.57 Å². The molecule has 0 fully saturated rings. The van der Waals surface area contributed by atoms with Crippen molar-refractivity contribution in [3.8, 4) is 0 Å². The molecular formula is H15NNaO8P. The van der Waals surface area contributed by atoms with E-state index >= 15 is 0 Å². The van der Waals surface area contributed by atoms with Crippen LogP contribution < -0.4 is 6.15 Å². The summed E-state index contributed by atoms with van der Waals surface area (Å²) >= 11 is 0. The van der Waals surface area contributed by atoms with Crippen molar-refractivity contribution in [1.29, 1.82) is 0 Å². The van der Waals surface area contributed by atoms with E-state index in [1.165, 1.54) is 0 Å². The average Bonchev–Trinajstić information content (AvgIpc) is 0.722. The van der Waals surface area contributed by atoms with Crippen LogP contribution in [0.1, 0.15) is 0 Å². The Hall–Kier alpha value is 0.910. The summed E-state index contributed by atoms with van der Waals surface area (Å²) in [6, 6.07) is 0. The molecule has 14 N–H and O–H groups in total. The van der Waals surface area contributed by atoms with E-state index in [0.29, 0.717) is 0 Å². The quantitative estimate of drug-likeness (QED) is 0.227. The van der Waals surface area contributed by atoms with Crippen LogP contribution in [-0.2, 0) is 4.57 Å². The second-order valence-corrected chi connectivity index (χ2v) is 1.54. The van der Waals surface area contributed by atoms with Gasteiger partial charge in [-0.15, -0.1) is 0 Å². The first-order valence-electron chi connectivity index (χ1n) is 0.783. The molecular weight excluding hydrogens is 196 g/mol. The topological polar surface area (TPSA) is 239 Å². The van der Waals surface area contributed by atoms with Gasteiger partial charge in [-0.05, 0) is 0 Å². The summed E-state index contributed by atoms with van der Waals surface area (Å²) in [7, 11) is -4.64. The molecule has 0 heterocycles. The number of phosphoric acid groups is 1. The predicted molar refractivity (Wildman–Crippen MR) is 40.9 cm³/mol. The summed E-state index contributed by atoms with van der Waals surface area (Å²) in [6.07, 6.45) is 0. The molecule has 11 heavy (non-hydrogen) atoms. The summed E-state index contributed by atoms with van der Waals surface area (Å²) in [6.45, 7) is 0. The molecule has 0 bridgehead atoms. The molecule has 0 amide bonds. The molecule has 0 saturated heterocycles. The van der Waals surface area contributed by atoms with E-state index in [-0.39, 0.29) is 57.6 Å². The van der Waals surface area contributed by atoms with Crippen molar-refractivity contribution < 1.29 is 41.2 Å². The van der Waals surface area contributed by atoms with Crippen LogP contribution in [0.2, 0.25) is 0 Å². The SMILES string of the molecule is N.O.O.O.O.O=P(O)(O)O.[NaH]. The fourth-order valence-electron chi connectivity index (χ4n) is 0. The second kappa shape index (κ2) is 22.4. The zero-order valence-electron chi connectivity index (χ0n) is 4.90. The molecule has 74 valence electrons. The van der Waals surface area contributed by atoms with E-state index in [1.807, 2.05) is 0 Å².